The van der Waals surface area contributed by atoms with Crippen LogP contribution in [0.2, 0.25) is 0 Å². The van der Waals surface area contributed by atoms with Crippen LogP contribution in [-0.4, -0.2) is 34.7 Å². The van der Waals surface area contributed by atoms with E-state index >= 15 is 0 Å². The molecule has 19 heavy (non-hydrogen) atoms. The molecule has 0 spiro atoms. The molecule has 4 heteroatoms. The quantitative estimate of drug-likeness (QED) is 0.740. The van der Waals surface area contributed by atoms with Crippen molar-refractivity contribution in [1.29, 1.82) is 0 Å². The molecule has 1 unspecified atom stereocenters. The van der Waals surface area contributed by atoms with Crippen LogP contribution in [0.3, 0.4) is 0 Å². The molecule has 4 N–H and O–H groups in total. The molecule has 0 heterocycles. The molecule has 0 saturated carbocycles. The van der Waals surface area contributed by atoms with E-state index in [4.69, 9.17) is 5.73 Å². The molecule has 0 aliphatic rings. The predicted molar refractivity (Wildman–Crippen MR) is 78.3 cm³/mol. The predicted octanol–water partition coefficient (Wildman–Crippen LogP) is 2.47. The van der Waals surface area contributed by atoms with Gasteiger partial charge in [0.05, 0.1) is 5.56 Å². The lowest BCUT2D eigenvalue weighted by atomic mass is 9.91. The van der Waals surface area contributed by atoms with E-state index < -0.39 is 0 Å². The van der Waals surface area contributed by atoms with E-state index in [1.165, 1.54) is 0 Å². The number of nitrogens with two attached hydrogens (primary N) is 1. The van der Waals surface area contributed by atoms with Gasteiger partial charge in [-0.15, -0.1) is 0 Å². The molecule has 0 aliphatic carbocycles. The molecule has 1 atom stereocenters. The molecule has 0 fully saturated rings. The molecule has 0 bridgehead atoms. The summed E-state index contributed by atoms with van der Waals surface area (Å²) >= 11 is 0. The summed E-state index contributed by atoms with van der Waals surface area (Å²) in [6.45, 7) is 10.5. The van der Waals surface area contributed by atoms with Crippen LogP contribution >= 0.6 is 0 Å². The first-order valence-electron chi connectivity index (χ1n) is 6.77. The third kappa shape index (κ3) is 3.85. The average molecular weight is 266 g/mol. The average Bonchev–Trinajstić information content (AvgIpc) is 2.35. The topological polar surface area (TPSA) is 69.7 Å². The van der Waals surface area contributed by atoms with Crippen LogP contribution in [0, 0.1) is 5.41 Å². The van der Waals surface area contributed by atoms with E-state index in [2.05, 4.69) is 25.7 Å². The van der Waals surface area contributed by atoms with Gasteiger partial charge in [0.25, 0.3) is 0 Å². The van der Waals surface area contributed by atoms with E-state index in [-0.39, 0.29) is 23.0 Å². The van der Waals surface area contributed by atoms with E-state index in [0.717, 1.165) is 13.1 Å². The van der Waals surface area contributed by atoms with Crippen LogP contribution in [0.15, 0.2) is 18.2 Å². The maximum absolute atomic E-state index is 9.95. The number of phenolic OH excluding ortho intramolecular Hbond substituents is 2. The second-order valence-corrected chi connectivity index (χ2v) is 5.82. The van der Waals surface area contributed by atoms with Gasteiger partial charge in [0.2, 0.25) is 0 Å². The Morgan fingerprint density at radius 3 is 2.21 bits per heavy atom. The zero-order valence-corrected chi connectivity index (χ0v) is 12.3. The standard InChI is InChI=1S/C15H26N2O2/c1-5-17(10-15(3,4)9-16)11(2)14-12(18)7-6-8-13(14)19/h6-8,11,18-19H,5,9-10,16H2,1-4H3. The molecule has 0 aromatic heterocycles. The van der Waals surface area contributed by atoms with E-state index in [9.17, 15) is 10.2 Å². The highest BCUT2D eigenvalue weighted by Crippen LogP contribution is 2.36. The van der Waals surface area contributed by atoms with Gasteiger partial charge in [-0.05, 0) is 37.6 Å². The van der Waals surface area contributed by atoms with Gasteiger partial charge in [0.1, 0.15) is 11.5 Å². The highest BCUT2D eigenvalue weighted by Gasteiger charge is 2.26. The third-order valence-electron chi connectivity index (χ3n) is 3.62. The molecule has 1 rings (SSSR count). The Balaban J connectivity index is 2.99. The Hall–Kier alpha value is -1.26. The van der Waals surface area contributed by atoms with E-state index in [1.54, 1.807) is 18.2 Å². The Labute approximate surface area is 115 Å². The van der Waals surface area contributed by atoms with Crippen molar-refractivity contribution >= 4 is 0 Å². The van der Waals surface area contributed by atoms with Crippen LogP contribution in [0.4, 0.5) is 0 Å². The first kappa shape index (κ1) is 15.8. The molecular weight excluding hydrogens is 240 g/mol. The summed E-state index contributed by atoms with van der Waals surface area (Å²) in [7, 11) is 0. The van der Waals surface area contributed by atoms with Crippen LogP contribution < -0.4 is 5.73 Å². The van der Waals surface area contributed by atoms with Gasteiger partial charge in [-0.1, -0.05) is 26.8 Å². The lowest BCUT2D eigenvalue weighted by molar-refractivity contribution is 0.144. The largest absolute Gasteiger partial charge is 0.507 e. The van der Waals surface area contributed by atoms with Crippen molar-refractivity contribution in [2.45, 2.75) is 33.7 Å². The Bertz CT molecular complexity index is 398. The minimum atomic E-state index is -0.0583. The molecule has 0 amide bonds. The fourth-order valence-electron chi connectivity index (χ4n) is 2.29. The minimum Gasteiger partial charge on any atom is -0.507 e. The number of rotatable bonds is 6. The Morgan fingerprint density at radius 1 is 1.26 bits per heavy atom. The Kier molecular flexibility index (Phi) is 5.20. The third-order valence-corrected chi connectivity index (χ3v) is 3.62. The molecule has 0 radical (unpaired) electrons. The number of hydrogen-bond donors (Lipinski definition) is 3. The zero-order valence-electron chi connectivity index (χ0n) is 12.3. The summed E-state index contributed by atoms with van der Waals surface area (Å²) in [6.07, 6.45) is 0. The summed E-state index contributed by atoms with van der Waals surface area (Å²) in [5.41, 5.74) is 6.37. The van der Waals surface area contributed by atoms with Gasteiger partial charge in [0.15, 0.2) is 0 Å². The normalized spacial score (nSPS) is 13.8. The van der Waals surface area contributed by atoms with Crippen molar-refractivity contribution in [3.8, 4) is 11.5 Å². The fourth-order valence-corrected chi connectivity index (χ4v) is 2.29. The zero-order chi connectivity index (χ0) is 14.6. The minimum absolute atomic E-state index is 0.00425. The summed E-state index contributed by atoms with van der Waals surface area (Å²) in [5.74, 6) is 0.271. The highest BCUT2D eigenvalue weighted by atomic mass is 16.3. The molecule has 1 aromatic carbocycles. The maximum Gasteiger partial charge on any atom is 0.124 e. The van der Waals surface area contributed by atoms with Crippen LogP contribution in [-0.2, 0) is 0 Å². The van der Waals surface area contributed by atoms with Crippen LogP contribution in [0.25, 0.3) is 0 Å². The van der Waals surface area contributed by atoms with Gasteiger partial charge >= 0.3 is 0 Å². The van der Waals surface area contributed by atoms with Gasteiger partial charge in [0, 0.05) is 12.6 Å². The molecule has 4 nitrogen and oxygen atoms in total. The van der Waals surface area contributed by atoms with Crippen molar-refractivity contribution in [3.05, 3.63) is 23.8 Å². The summed E-state index contributed by atoms with van der Waals surface area (Å²) in [6, 6.07) is 4.79. The van der Waals surface area contributed by atoms with Crippen molar-refractivity contribution in [1.82, 2.24) is 4.90 Å². The number of hydrogen-bond acceptors (Lipinski definition) is 4. The lowest BCUT2D eigenvalue weighted by Gasteiger charge is -2.35. The highest BCUT2D eigenvalue weighted by molar-refractivity contribution is 5.44. The summed E-state index contributed by atoms with van der Waals surface area (Å²) in [5, 5.41) is 19.9. The van der Waals surface area contributed by atoms with Gasteiger partial charge < -0.3 is 15.9 Å². The van der Waals surface area contributed by atoms with E-state index in [0.29, 0.717) is 12.1 Å². The lowest BCUT2D eigenvalue weighted by Crippen LogP contribution is -2.40. The molecule has 0 saturated heterocycles. The van der Waals surface area contributed by atoms with Crippen molar-refractivity contribution in [2.75, 3.05) is 19.6 Å². The monoisotopic (exact) mass is 266 g/mol. The van der Waals surface area contributed by atoms with E-state index in [1.807, 2.05) is 6.92 Å². The Morgan fingerprint density at radius 2 is 1.79 bits per heavy atom. The van der Waals surface area contributed by atoms with Crippen LogP contribution in [0.1, 0.15) is 39.3 Å². The van der Waals surface area contributed by atoms with Gasteiger partial charge in [-0.25, -0.2) is 0 Å². The molecule has 108 valence electrons. The fraction of sp³-hybridized carbons (Fsp3) is 0.600. The summed E-state index contributed by atoms with van der Waals surface area (Å²) < 4.78 is 0. The smallest absolute Gasteiger partial charge is 0.124 e. The van der Waals surface area contributed by atoms with Gasteiger partial charge in [-0.2, -0.15) is 0 Å². The first-order chi connectivity index (χ1) is 8.82. The van der Waals surface area contributed by atoms with Crippen molar-refractivity contribution < 1.29 is 10.2 Å². The number of phenols is 2. The summed E-state index contributed by atoms with van der Waals surface area (Å²) in [4.78, 5) is 2.21. The number of aromatic hydroxyl groups is 2. The number of benzene rings is 1. The second-order valence-electron chi connectivity index (χ2n) is 5.82. The van der Waals surface area contributed by atoms with Gasteiger partial charge in [-0.3, -0.25) is 4.90 Å². The SMILES string of the molecule is CCN(CC(C)(C)CN)C(C)c1c(O)cccc1O. The molecule has 1 aromatic rings. The van der Waals surface area contributed by atoms with Crippen molar-refractivity contribution in [2.24, 2.45) is 11.1 Å². The van der Waals surface area contributed by atoms with Crippen molar-refractivity contribution in [3.63, 3.8) is 0 Å². The molecular formula is C15H26N2O2. The maximum atomic E-state index is 9.95. The second kappa shape index (κ2) is 6.26. The first-order valence-corrected chi connectivity index (χ1v) is 6.77. The van der Waals surface area contributed by atoms with Crippen LogP contribution in [0.5, 0.6) is 11.5 Å². The number of nitrogens with zero attached hydrogens (tertiary/aromatic N) is 1. The molecule has 0 aliphatic heterocycles.